The van der Waals surface area contributed by atoms with Gasteiger partial charge in [-0.1, -0.05) is 30.2 Å². The van der Waals surface area contributed by atoms with Crippen LogP contribution >= 0.6 is 11.6 Å². The van der Waals surface area contributed by atoms with Crippen molar-refractivity contribution in [2.75, 3.05) is 25.0 Å². The zero-order chi connectivity index (χ0) is 22.6. The number of halogens is 1. The van der Waals surface area contributed by atoms with Crippen LogP contribution in [0.2, 0.25) is 5.02 Å². The molecule has 0 saturated carbocycles. The predicted octanol–water partition coefficient (Wildman–Crippen LogP) is 5.63. The second kappa shape index (κ2) is 9.98. The van der Waals surface area contributed by atoms with Crippen LogP contribution in [0.15, 0.2) is 54.6 Å². The summed E-state index contributed by atoms with van der Waals surface area (Å²) in [7, 11) is 0. The first kappa shape index (κ1) is 22.0. The number of H-pyrrole nitrogens is 1. The zero-order valence-corrected chi connectivity index (χ0v) is 19.4. The molecule has 6 nitrogen and oxygen atoms in total. The number of nitrogens with zero attached hydrogens (tertiary/aromatic N) is 2. The van der Waals surface area contributed by atoms with E-state index in [1.54, 1.807) is 18.2 Å². The van der Waals surface area contributed by atoms with Crippen molar-refractivity contribution < 1.29 is 9.53 Å². The summed E-state index contributed by atoms with van der Waals surface area (Å²) in [6.07, 6.45) is 6.48. The molecule has 0 unspecified atom stereocenters. The maximum atomic E-state index is 12.6. The van der Waals surface area contributed by atoms with Crippen LogP contribution in [0, 0.1) is 5.92 Å². The Kier molecular flexibility index (Phi) is 6.65. The van der Waals surface area contributed by atoms with Gasteiger partial charge in [-0.15, -0.1) is 0 Å². The van der Waals surface area contributed by atoms with Crippen LogP contribution in [0.5, 0.6) is 5.75 Å². The van der Waals surface area contributed by atoms with Crippen LogP contribution in [0.4, 0.5) is 5.69 Å². The number of fused-ring (bicyclic) bond motifs is 1. The SMILES string of the molecule is O=C(Nc1ccc(OC[C@@H]2CCCN3CCCC[C@H]23)cc1)c1cc(-c2ccc(Cl)cc2)n[nH]1. The predicted molar refractivity (Wildman–Crippen MR) is 131 cm³/mol. The number of anilines is 1. The summed E-state index contributed by atoms with van der Waals surface area (Å²) in [4.78, 5) is 15.3. The first-order chi connectivity index (χ1) is 16.2. The van der Waals surface area contributed by atoms with Crippen molar-refractivity contribution in [2.24, 2.45) is 5.92 Å². The topological polar surface area (TPSA) is 70.2 Å². The molecule has 2 fully saturated rings. The summed E-state index contributed by atoms with van der Waals surface area (Å²) in [6, 6.07) is 17.3. The van der Waals surface area contributed by atoms with Gasteiger partial charge in [0.25, 0.3) is 5.91 Å². The lowest BCUT2D eigenvalue weighted by Crippen LogP contribution is -2.49. The van der Waals surface area contributed by atoms with Crippen molar-refractivity contribution >= 4 is 23.2 Å². The standard InChI is InChI=1S/C26H29ClN4O2/c27-20-8-6-18(7-9-20)23-16-24(30-29-23)26(32)28-21-10-12-22(13-11-21)33-17-19-4-3-15-31-14-2-1-5-25(19)31/h6-13,16,19,25H,1-5,14-15,17H2,(H,28,32)(H,29,30)/t19-,25+/m0/s1. The van der Waals surface area contributed by atoms with Gasteiger partial charge in [-0.05, 0) is 81.2 Å². The Balaban J connectivity index is 1.15. The van der Waals surface area contributed by atoms with Crippen molar-refractivity contribution in [3.8, 4) is 17.0 Å². The van der Waals surface area contributed by atoms with Crippen LogP contribution < -0.4 is 10.1 Å². The number of hydrogen-bond acceptors (Lipinski definition) is 4. The van der Waals surface area contributed by atoms with E-state index in [9.17, 15) is 4.79 Å². The summed E-state index contributed by atoms with van der Waals surface area (Å²) in [5.74, 6) is 1.21. The minimum absolute atomic E-state index is 0.240. The number of hydrogen-bond donors (Lipinski definition) is 2. The Morgan fingerprint density at radius 1 is 1.06 bits per heavy atom. The number of amides is 1. The molecule has 0 aliphatic carbocycles. The molecule has 2 atom stereocenters. The third-order valence-electron chi connectivity index (χ3n) is 6.77. The fourth-order valence-corrected chi connectivity index (χ4v) is 5.14. The highest BCUT2D eigenvalue weighted by Crippen LogP contribution is 2.31. The lowest BCUT2D eigenvalue weighted by molar-refractivity contribution is 0.0366. The van der Waals surface area contributed by atoms with Gasteiger partial charge in [0.05, 0.1) is 12.3 Å². The lowest BCUT2D eigenvalue weighted by Gasteiger charge is -2.44. The Bertz CT molecular complexity index is 1080. The molecule has 3 aromatic rings. The second-order valence-electron chi connectivity index (χ2n) is 8.96. The molecule has 0 bridgehead atoms. The smallest absolute Gasteiger partial charge is 0.273 e. The fourth-order valence-electron chi connectivity index (χ4n) is 5.01. The molecule has 3 heterocycles. The van der Waals surface area contributed by atoms with E-state index in [0.29, 0.717) is 34.1 Å². The van der Waals surface area contributed by atoms with Crippen molar-refractivity contribution in [1.29, 1.82) is 0 Å². The number of carbonyl (C=O) groups excluding carboxylic acids is 1. The molecule has 33 heavy (non-hydrogen) atoms. The molecule has 2 aliphatic heterocycles. The van der Waals surface area contributed by atoms with Crippen molar-refractivity contribution in [1.82, 2.24) is 15.1 Å². The van der Waals surface area contributed by atoms with E-state index in [2.05, 4.69) is 20.4 Å². The van der Waals surface area contributed by atoms with Gasteiger partial charge in [-0.3, -0.25) is 14.8 Å². The molecule has 1 amide bonds. The molecule has 2 aliphatic rings. The molecule has 1 aromatic heterocycles. The number of nitrogens with one attached hydrogen (secondary N) is 2. The fraction of sp³-hybridized carbons (Fsp3) is 0.385. The van der Waals surface area contributed by atoms with Gasteiger partial charge >= 0.3 is 0 Å². The van der Waals surface area contributed by atoms with Crippen molar-refractivity contribution in [2.45, 2.75) is 38.1 Å². The largest absolute Gasteiger partial charge is 0.493 e. The average molecular weight is 465 g/mol. The number of rotatable bonds is 6. The summed E-state index contributed by atoms with van der Waals surface area (Å²) in [5, 5.41) is 10.6. The lowest BCUT2D eigenvalue weighted by atomic mass is 9.84. The van der Waals surface area contributed by atoms with E-state index in [1.165, 1.54) is 45.2 Å². The van der Waals surface area contributed by atoms with Gasteiger partial charge in [-0.2, -0.15) is 5.10 Å². The number of carbonyl (C=O) groups is 1. The minimum Gasteiger partial charge on any atom is -0.493 e. The number of piperidine rings is 2. The first-order valence-corrected chi connectivity index (χ1v) is 12.1. The van der Waals surface area contributed by atoms with Crippen LogP contribution in [-0.2, 0) is 0 Å². The Morgan fingerprint density at radius 3 is 2.67 bits per heavy atom. The normalized spacial score (nSPS) is 20.8. The second-order valence-corrected chi connectivity index (χ2v) is 9.40. The highest BCUT2D eigenvalue weighted by atomic mass is 35.5. The van der Waals surface area contributed by atoms with E-state index in [4.69, 9.17) is 16.3 Å². The zero-order valence-electron chi connectivity index (χ0n) is 18.6. The van der Waals surface area contributed by atoms with Crippen molar-refractivity contribution in [3.05, 3.63) is 65.3 Å². The maximum Gasteiger partial charge on any atom is 0.273 e. The average Bonchev–Trinajstić information content (AvgIpc) is 3.35. The third kappa shape index (κ3) is 5.23. The van der Waals surface area contributed by atoms with Crippen LogP contribution in [0.3, 0.4) is 0 Å². The third-order valence-corrected chi connectivity index (χ3v) is 7.02. The van der Waals surface area contributed by atoms with Crippen LogP contribution in [-0.4, -0.2) is 46.7 Å². The summed E-state index contributed by atoms with van der Waals surface area (Å²) < 4.78 is 6.13. The maximum absolute atomic E-state index is 12.6. The van der Waals surface area contributed by atoms with Gasteiger partial charge in [0.2, 0.25) is 0 Å². The Morgan fingerprint density at radius 2 is 1.85 bits per heavy atom. The quantitative estimate of drug-likeness (QED) is 0.496. The van der Waals surface area contributed by atoms with Gasteiger partial charge in [-0.25, -0.2) is 0 Å². The van der Waals surface area contributed by atoms with Crippen LogP contribution in [0.1, 0.15) is 42.6 Å². The highest BCUT2D eigenvalue weighted by molar-refractivity contribution is 6.30. The molecular weight excluding hydrogens is 436 g/mol. The van der Waals surface area contributed by atoms with E-state index >= 15 is 0 Å². The Labute approximate surface area is 199 Å². The van der Waals surface area contributed by atoms with Crippen molar-refractivity contribution in [3.63, 3.8) is 0 Å². The molecule has 0 spiro atoms. The van der Waals surface area contributed by atoms with Gasteiger partial charge < -0.3 is 10.1 Å². The van der Waals surface area contributed by atoms with Gasteiger partial charge in [0.15, 0.2) is 0 Å². The van der Waals surface area contributed by atoms with E-state index in [1.807, 2.05) is 36.4 Å². The molecule has 2 saturated heterocycles. The highest BCUT2D eigenvalue weighted by Gasteiger charge is 2.33. The summed E-state index contributed by atoms with van der Waals surface area (Å²) in [6.45, 7) is 3.24. The number of aromatic nitrogens is 2. The molecule has 0 radical (unpaired) electrons. The minimum atomic E-state index is -0.240. The molecular formula is C26H29ClN4O2. The van der Waals surface area contributed by atoms with E-state index < -0.39 is 0 Å². The Hall–Kier alpha value is -2.83. The molecule has 5 rings (SSSR count). The number of aromatic amines is 1. The summed E-state index contributed by atoms with van der Waals surface area (Å²) in [5.41, 5.74) is 2.70. The molecule has 7 heteroatoms. The van der Waals surface area contributed by atoms with E-state index in [-0.39, 0.29) is 5.91 Å². The monoisotopic (exact) mass is 464 g/mol. The first-order valence-electron chi connectivity index (χ1n) is 11.8. The summed E-state index contributed by atoms with van der Waals surface area (Å²) >= 11 is 5.94. The van der Waals surface area contributed by atoms with Crippen LogP contribution in [0.25, 0.3) is 11.3 Å². The van der Waals surface area contributed by atoms with E-state index in [0.717, 1.165) is 17.9 Å². The molecule has 172 valence electrons. The number of benzene rings is 2. The van der Waals surface area contributed by atoms with Gasteiger partial charge in [0.1, 0.15) is 11.4 Å². The number of ether oxygens (including phenoxy) is 1. The molecule has 2 aromatic carbocycles. The molecule has 2 N–H and O–H groups in total. The van der Waals surface area contributed by atoms with Gasteiger partial charge in [0, 0.05) is 28.2 Å².